The number of aliphatic hydroxyl groups excluding tert-OH is 1. The highest BCUT2D eigenvalue weighted by atomic mass is 16.6. The lowest BCUT2D eigenvalue weighted by Crippen LogP contribution is -2.56. The number of rotatable bonds is 14. The molecule has 1 aromatic carbocycles. The van der Waals surface area contributed by atoms with Gasteiger partial charge in [-0.2, -0.15) is 0 Å². The Hall–Kier alpha value is -2.97. The summed E-state index contributed by atoms with van der Waals surface area (Å²) in [6, 6.07) is 5.10. The number of hydrogen-bond donors (Lipinski definition) is 1. The van der Waals surface area contributed by atoms with Crippen LogP contribution >= 0.6 is 0 Å². The third-order valence-electron chi connectivity index (χ3n) is 9.03. The van der Waals surface area contributed by atoms with Crippen LogP contribution in [0.25, 0.3) is 0 Å². The molecular formula is C32H44N2O6. The summed E-state index contributed by atoms with van der Waals surface area (Å²) in [7, 11) is 0. The van der Waals surface area contributed by atoms with Crippen LogP contribution in [0.15, 0.2) is 43.5 Å². The molecule has 0 saturated carbocycles. The summed E-state index contributed by atoms with van der Waals surface area (Å²) >= 11 is 0. The van der Waals surface area contributed by atoms with Gasteiger partial charge in [0.2, 0.25) is 5.91 Å². The average Bonchev–Trinajstić information content (AvgIpc) is 3.54. The zero-order valence-electron chi connectivity index (χ0n) is 24.2. The van der Waals surface area contributed by atoms with Gasteiger partial charge < -0.3 is 24.4 Å². The van der Waals surface area contributed by atoms with Gasteiger partial charge in [-0.05, 0) is 76.0 Å². The number of fused-ring (bicyclic) bond motifs is 1. The molecule has 3 aliphatic heterocycles. The zero-order valence-corrected chi connectivity index (χ0v) is 24.2. The Labute approximate surface area is 238 Å². The highest BCUT2D eigenvalue weighted by Crippen LogP contribution is 2.64. The number of carbonyl (C=O) groups is 3. The Morgan fingerprint density at radius 3 is 2.65 bits per heavy atom. The molecule has 2 bridgehead atoms. The Morgan fingerprint density at radius 2 is 1.98 bits per heavy atom. The van der Waals surface area contributed by atoms with Crippen LogP contribution in [-0.4, -0.2) is 71.3 Å². The zero-order chi connectivity index (χ0) is 29.1. The molecule has 40 heavy (non-hydrogen) atoms. The Bertz CT molecular complexity index is 1150. The molecule has 2 amide bonds. The van der Waals surface area contributed by atoms with Gasteiger partial charge in [-0.25, -0.2) is 0 Å². The standard InChI is InChI=1S/C32H44N2O6/c1-6-9-20-39-30(38)26-25-28(36)34(18-11-10-12-19-35)27(32(25)16-15-31(26,8-3)40-32)29(37)33(17-7-2)24-21-22(4)13-14-23(24)5/h6-7,13-14,21,25-27,35H,1-2,8-12,15-20H2,3-5H3/t25-,26+,27?,31-,32?/m0/s1. The molecule has 1 N–H and O–H groups in total. The number of likely N-dealkylation sites (tertiary alicyclic amines) is 1. The second kappa shape index (κ2) is 12.3. The molecule has 1 aromatic rings. The Balaban J connectivity index is 1.78. The molecule has 3 saturated heterocycles. The van der Waals surface area contributed by atoms with Gasteiger partial charge in [0.25, 0.3) is 5.91 Å². The van der Waals surface area contributed by atoms with Gasteiger partial charge in [0.15, 0.2) is 0 Å². The molecule has 8 nitrogen and oxygen atoms in total. The molecule has 2 unspecified atom stereocenters. The first-order chi connectivity index (χ1) is 19.2. The highest BCUT2D eigenvalue weighted by Gasteiger charge is 2.79. The lowest BCUT2D eigenvalue weighted by Gasteiger charge is -2.37. The SMILES string of the molecule is C=CCCOC(=O)[C@H]1[C@H]2C(=O)N(CCCCCO)C(C(=O)N(CC=C)c3cc(C)ccc3C)C23CC[C@]1(CC)O3. The van der Waals surface area contributed by atoms with Crippen molar-refractivity contribution < 1.29 is 29.0 Å². The number of amides is 2. The summed E-state index contributed by atoms with van der Waals surface area (Å²) in [4.78, 5) is 45.9. The van der Waals surface area contributed by atoms with Crippen LogP contribution in [0, 0.1) is 25.7 Å². The van der Waals surface area contributed by atoms with Crippen molar-refractivity contribution in [2.45, 2.75) is 83.0 Å². The molecule has 5 atom stereocenters. The number of nitrogens with zero attached hydrogens (tertiary/aromatic N) is 2. The third kappa shape index (κ3) is 5.00. The van der Waals surface area contributed by atoms with Crippen molar-refractivity contribution in [3.63, 3.8) is 0 Å². The van der Waals surface area contributed by atoms with E-state index in [2.05, 4.69) is 13.2 Å². The number of ether oxygens (including phenoxy) is 2. The number of unbranched alkanes of at least 4 members (excludes halogenated alkanes) is 2. The minimum Gasteiger partial charge on any atom is -0.465 e. The van der Waals surface area contributed by atoms with Gasteiger partial charge in [0.1, 0.15) is 17.6 Å². The molecule has 3 fully saturated rings. The van der Waals surface area contributed by atoms with E-state index in [1.807, 2.05) is 39.0 Å². The predicted molar refractivity (Wildman–Crippen MR) is 154 cm³/mol. The van der Waals surface area contributed by atoms with E-state index in [1.54, 1.807) is 22.0 Å². The van der Waals surface area contributed by atoms with Crippen molar-refractivity contribution in [2.24, 2.45) is 11.8 Å². The molecule has 8 heteroatoms. The number of benzene rings is 1. The molecule has 3 heterocycles. The third-order valence-corrected chi connectivity index (χ3v) is 9.03. The summed E-state index contributed by atoms with van der Waals surface area (Å²) in [5.74, 6) is -2.43. The van der Waals surface area contributed by atoms with Gasteiger partial charge in [-0.3, -0.25) is 14.4 Å². The van der Waals surface area contributed by atoms with E-state index in [-0.39, 0.29) is 31.6 Å². The summed E-state index contributed by atoms with van der Waals surface area (Å²) in [6.45, 7) is 14.4. The lowest BCUT2D eigenvalue weighted by molar-refractivity contribution is -0.160. The maximum absolute atomic E-state index is 14.7. The number of esters is 1. The average molecular weight is 553 g/mol. The molecular weight excluding hydrogens is 508 g/mol. The maximum atomic E-state index is 14.7. The van der Waals surface area contributed by atoms with E-state index in [0.717, 1.165) is 23.2 Å². The van der Waals surface area contributed by atoms with Crippen LogP contribution in [0.5, 0.6) is 0 Å². The van der Waals surface area contributed by atoms with Gasteiger partial charge >= 0.3 is 5.97 Å². The fraction of sp³-hybridized carbons (Fsp3) is 0.594. The smallest absolute Gasteiger partial charge is 0.312 e. The number of carbonyl (C=O) groups excluding carboxylic acids is 3. The van der Waals surface area contributed by atoms with E-state index < -0.39 is 35.0 Å². The normalized spacial score (nSPS) is 28.4. The van der Waals surface area contributed by atoms with E-state index in [9.17, 15) is 19.5 Å². The van der Waals surface area contributed by atoms with Crippen LogP contribution in [0.4, 0.5) is 5.69 Å². The molecule has 0 aromatic heterocycles. The molecule has 218 valence electrons. The summed E-state index contributed by atoms with van der Waals surface area (Å²) in [5.41, 5.74) is 0.789. The van der Waals surface area contributed by atoms with E-state index in [1.165, 1.54) is 0 Å². The number of anilines is 1. The fourth-order valence-electron chi connectivity index (χ4n) is 7.09. The minimum atomic E-state index is -1.11. The largest absolute Gasteiger partial charge is 0.465 e. The van der Waals surface area contributed by atoms with Crippen LogP contribution in [-0.2, 0) is 23.9 Å². The van der Waals surface area contributed by atoms with Crippen molar-refractivity contribution in [3.05, 3.63) is 54.6 Å². The molecule has 3 aliphatic rings. The fourth-order valence-corrected chi connectivity index (χ4v) is 7.09. The van der Waals surface area contributed by atoms with Gasteiger partial charge in [0.05, 0.1) is 18.1 Å². The monoisotopic (exact) mass is 552 g/mol. The van der Waals surface area contributed by atoms with Crippen molar-refractivity contribution in [1.29, 1.82) is 0 Å². The van der Waals surface area contributed by atoms with Gasteiger partial charge in [-0.15, -0.1) is 13.2 Å². The van der Waals surface area contributed by atoms with Crippen LogP contribution in [0.1, 0.15) is 63.0 Å². The van der Waals surface area contributed by atoms with Crippen molar-refractivity contribution in [1.82, 2.24) is 4.90 Å². The summed E-state index contributed by atoms with van der Waals surface area (Å²) in [6.07, 6.45) is 7.53. The first-order valence-corrected chi connectivity index (χ1v) is 14.6. The van der Waals surface area contributed by atoms with Gasteiger partial charge in [-0.1, -0.05) is 31.2 Å². The molecule has 1 spiro atoms. The van der Waals surface area contributed by atoms with Crippen molar-refractivity contribution >= 4 is 23.5 Å². The number of aliphatic hydroxyl groups is 1. The topological polar surface area (TPSA) is 96.4 Å². The second-order valence-corrected chi connectivity index (χ2v) is 11.4. The maximum Gasteiger partial charge on any atom is 0.312 e. The number of hydrogen-bond acceptors (Lipinski definition) is 6. The van der Waals surface area contributed by atoms with E-state index >= 15 is 0 Å². The predicted octanol–water partition coefficient (Wildman–Crippen LogP) is 4.26. The second-order valence-electron chi connectivity index (χ2n) is 11.4. The summed E-state index contributed by atoms with van der Waals surface area (Å²) in [5, 5.41) is 9.28. The van der Waals surface area contributed by atoms with Crippen molar-refractivity contribution in [3.8, 4) is 0 Å². The van der Waals surface area contributed by atoms with Crippen LogP contribution < -0.4 is 4.90 Å². The molecule has 0 aliphatic carbocycles. The van der Waals surface area contributed by atoms with Crippen LogP contribution in [0.3, 0.4) is 0 Å². The Kier molecular flexibility index (Phi) is 9.20. The highest BCUT2D eigenvalue weighted by molar-refractivity contribution is 6.05. The van der Waals surface area contributed by atoms with E-state index in [4.69, 9.17) is 9.47 Å². The minimum absolute atomic E-state index is 0.0728. The molecule has 4 rings (SSSR count). The first-order valence-electron chi connectivity index (χ1n) is 14.6. The lowest BCUT2D eigenvalue weighted by atomic mass is 9.65. The molecule has 0 radical (unpaired) electrons. The van der Waals surface area contributed by atoms with E-state index in [0.29, 0.717) is 45.1 Å². The van der Waals surface area contributed by atoms with Gasteiger partial charge in [0, 0.05) is 25.4 Å². The quantitative estimate of drug-likeness (QED) is 0.211. The number of aryl methyl sites for hydroxylation is 2. The first kappa shape index (κ1) is 30.0. The summed E-state index contributed by atoms with van der Waals surface area (Å²) < 4.78 is 12.5. The van der Waals surface area contributed by atoms with Crippen molar-refractivity contribution in [2.75, 3.05) is 31.2 Å². The Morgan fingerprint density at radius 1 is 1.20 bits per heavy atom. The van der Waals surface area contributed by atoms with Crippen LogP contribution in [0.2, 0.25) is 0 Å².